The zero-order valence-corrected chi connectivity index (χ0v) is 19.6. The highest BCUT2D eigenvalue weighted by atomic mass is 19.1. The van der Waals surface area contributed by atoms with Crippen LogP contribution in [0, 0.1) is 5.41 Å². The van der Waals surface area contributed by atoms with Crippen LogP contribution in [0.1, 0.15) is 74.8 Å². The van der Waals surface area contributed by atoms with Crippen molar-refractivity contribution in [2.24, 2.45) is 5.41 Å². The monoisotopic (exact) mass is 456 g/mol. The summed E-state index contributed by atoms with van der Waals surface area (Å²) in [5.74, 6) is 0.248. The minimum absolute atomic E-state index is 0.237. The number of carbonyl (C=O) groups is 1. The summed E-state index contributed by atoms with van der Waals surface area (Å²) in [6.07, 6.45) is 7.96. The molecule has 33 heavy (non-hydrogen) atoms. The quantitative estimate of drug-likeness (QED) is 0.750. The van der Waals surface area contributed by atoms with Gasteiger partial charge in [-0.25, -0.2) is 4.39 Å². The van der Waals surface area contributed by atoms with Crippen LogP contribution in [-0.2, 0) is 15.1 Å². The van der Waals surface area contributed by atoms with Crippen LogP contribution in [0.3, 0.4) is 0 Å². The predicted octanol–water partition coefficient (Wildman–Crippen LogP) is 3.75. The fourth-order valence-electron chi connectivity index (χ4n) is 7.12. The molecule has 5 fully saturated rings. The molecule has 2 saturated carbocycles. The van der Waals surface area contributed by atoms with E-state index in [-0.39, 0.29) is 11.3 Å². The van der Waals surface area contributed by atoms with Crippen molar-refractivity contribution in [3.63, 3.8) is 0 Å². The lowest BCUT2D eigenvalue weighted by Gasteiger charge is -2.49. The molecule has 1 amide bonds. The van der Waals surface area contributed by atoms with Gasteiger partial charge >= 0.3 is 0 Å². The number of hydrogen-bond donors (Lipinski definition) is 1. The summed E-state index contributed by atoms with van der Waals surface area (Å²) in [6, 6.07) is 9.12. The number of aliphatic hydroxyl groups is 1. The smallest absolute Gasteiger partial charge is 0.260 e. The number of likely N-dealkylation sites (tertiary alicyclic amines) is 2. The SMILES string of the molecule is O=C(N1CC2(CC[C@H](N3CCC(c4ccccc4C4(O)CCOCC4)CC3)C2)C1)C1(F)CC1. The van der Waals surface area contributed by atoms with Crippen molar-refractivity contribution in [2.75, 3.05) is 39.4 Å². The van der Waals surface area contributed by atoms with Gasteiger partial charge in [0.15, 0.2) is 5.67 Å². The second kappa shape index (κ2) is 8.03. The second-order valence-electron chi connectivity index (χ2n) is 11.6. The van der Waals surface area contributed by atoms with E-state index in [0.29, 0.717) is 50.9 Å². The molecule has 2 aliphatic carbocycles. The van der Waals surface area contributed by atoms with E-state index < -0.39 is 11.3 Å². The van der Waals surface area contributed by atoms with Crippen LogP contribution in [0.2, 0.25) is 0 Å². The summed E-state index contributed by atoms with van der Waals surface area (Å²) in [4.78, 5) is 16.7. The minimum atomic E-state index is -1.52. The van der Waals surface area contributed by atoms with E-state index in [4.69, 9.17) is 4.74 Å². The fraction of sp³-hybridized carbons (Fsp3) is 0.741. The predicted molar refractivity (Wildman–Crippen MR) is 124 cm³/mol. The van der Waals surface area contributed by atoms with Gasteiger partial charge in [0, 0.05) is 50.6 Å². The van der Waals surface area contributed by atoms with E-state index in [1.807, 2.05) is 0 Å². The molecule has 0 radical (unpaired) electrons. The molecule has 1 aromatic carbocycles. The van der Waals surface area contributed by atoms with Crippen LogP contribution in [0.5, 0.6) is 0 Å². The first-order valence-electron chi connectivity index (χ1n) is 13.0. The lowest BCUT2D eigenvalue weighted by Crippen LogP contribution is -2.60. The normalized spacial score (nSPS) is 30.8. The van der Waals surface area contributed by atoms with E-state index in [1.54, 1.807) is 4.90 Å². The molecule has 0 aromatic heterocycles. The summed E-state index contributed by atoms with van der Waals surface area (Å²) >= 11 is 0. The van der Waals surface area contributed by atoms with Crippen molar-refractivity contribution in [1.29, 1.82) is 0 Å². The Kier molecular flexibility index (Phi) is 5.35. The van der Waals surface area contributed by atoms with Gasteiger partial charge in [0.25, 0.3) is 5.91 Å². The first-order valence-corrected chi connectivity index (χ1v) is 13.0. The highest BCUT2D eigenvalue weighted by molar-refractivity contribution is 5.88. The molecule has 0 bridgehead atoms. The number of ether oxygens (including phenoxy) is 1. The molecule has 1 N–H and O–H groups in total. The Morgan fingerprint density at radius 2 is 1.70 bits per heavy atom. The third-order valence-electron chi connectivity index (χ3n) is 9.36. The summed E-state index contributed by atoms with van der Waals surface area (Å²) in [5, 5.41) is 11.3. The zero-order chi connectivity index (χ0) is 22.7. The summed E-state index contributed by atoms with van der Waals surface area (Å²) in [6.45, 7) is 4.97. The molecule has 1 atom stereocenters. The molecule has 180 valence electrons. The van der Waals surface area contributed by atoms with Crippen molar-refractivity contribution < 1.29 is 19.0 Å². The van der Waals surface area contributed by atoms with Crippen LogP contribution < -0.4 is 0 Å². The number of hydrogen-bond acceptors (Lipinski definition) is 4. The maximum atomic E-state index is 14.1. The molecule has 0 unspecified atom stereocenters. The molecule has 3 heterocycles. The van der Waals surface area contributed by atoms with Crippen LogP contribution in [0.25, 0.3) is 0 Å². The molecule has 6 heteroatoms. The van der Waals surface area contributed by atoms with Crippen molar-refractivity contribution in [1.82, 2.24) is 9.80 Å². The van der Waals surface area contributed by atoms with Gasteiger partial charge in [0.05, 0.1) is 5.60 Å². The Hall–Kier alpha value is -1.50. The lowest BCUT2D eigenvalue weighted by atomic mass is 9.77. The van der Waals surface area contributed by atoms with E-state index in [1.165, 1.54) is 18.4 Å². The summed E-state index contributed by atoms with van der Waals surface area (Å²) in [5.41, 5.74) is 0.414. The van der Waals surface area contributed by atoms with Gasteiger partial charge in [-0.3, -0.25) is 4.79 Å². The van der Waals surface area contributed by atoms with Crippen LogP contribution in [0.4, 0.5) is 4.39 Å². The van der Waals surface area contributed by atoms with Crippen LogP contribution >= 0.6 is 0 Å². The van der Waals surface area contributed by atoms with Gasteiger partial charge in [-0.15, -0.1) is 0 Å². The number of piperidine rings is 1. The Morgan fingerprint density at radius 3 is 2.39 bits per heavy atom. The number of halogens is 1. The van der Waals surface area contributed by atoms with E-state index >= 15 is 0 Å². The van der Waals surface area contributed by atoms with Crippen molar-refractivity contribution in [2.45, 2.75) is 81.0 Å². The topological polar surface area (TPSA) is 53.0 Å². The maximum Gasteiger partial charge on any atom is 0.260 e. The number of alkyl halides is 1. The zero-order valence-electron chi connectivity index (χ0n) is 19.6. The average Bonchev–Trinajstić information content (AvgIpc) is 3.41. The van der Waals surface area contributed by atoms with Crippen molar-refractivity contribution in [3.05, 3.63) is 35.4 Å². The van der Waals surface area contributed by atoms with Crippen LogP contribution in [-0.4, -0.2) is 71.9 Å². The third-order valence-corrected chi connectivity index (χ3v) is 9.36. The maximum absolute atomic E-state index is 14.1. The van der Waals surface area contributed by atoms with E-state index in [2.05, 4.69) is 29.2 Å². The summed E-state index contributed by atoms with van der Waals surface area (Å²) in [7, 11) is 0. The number of amides is 1. The molecular weight excluding hydrogens is 419 g/mol. The Morgan fingerprint density at radius 1 is 1.00 bits per heavy atom. The first-order chi connectivity index (χ1) is 15.9. The van der Waals surface area contributed by atoms with Crippen molar-refractivity contribution in [3.8, 4) is 0 Å². The standard InChI is InChI=1S/C27H37FN2O3/c28-26(9-10-26)24(31)30-18-25(19-30)8-5-21(17-25)29-13-6-20(7-14-29)22-3-1-2-4-23(22)27(32)11-15-33-16-12-27/h1-4,20-21,32H,5-19H2/t21-/m0/s1. The Labute approximate surface area is 196 Å². The van der Waals surface area contributed by atoms with Crippen molar-refractivity contribution >= 4 is 5.91 Å². The number of benzene rings is 1. The molecule has 5 nitrogen and oxygen atoms in total. The molecule has 5 aliphatic rings. The van der Waals surface area contributed by atoms with Gasteiger partial charge in [0.2, 0.25) is 0 Å². The van der Waals surface area contributed by atoms with Gasteiger partial charge in [0.1, 0.15) is 0 Å². The van der Waals surface area contributed by atoms with Gasteiger partial charge < -0.3 is 19.6 Å². The minimum Gasteiger partial charge on any atom is -0.385 e. The van der Waals surface area contributed by atoms with Gasteiger partial charge in [-0.2, -0.15) is 0 Å². The molecule has 1 aromatic rings. The molecule has 3 aliphatic heterocycles. The lowest BCUT2D eigenvalue weighted by molar-refractivity contribution is -0.150. The molecule has 6 rings (SSSR count). The Balaban J connectivity index is 1.05. The Bertz CT molecular complexity index is 896. The average molecular weight is 457 g/mol. The van der Waals surface area contributed by atoms with E-state index in [0.717, 1.165) is 51.0 Å². The third kappa shape index (κ3) is 3.92. The largest absolute Gasteiger partial charge is 0.385 e. The highest BCUT2D eigenvalue weighted by Crippen LogP contribution is 2.51. The highest BCUT2D eigenvalue weighted by Gasteiger charge is 2.58. The number of rotatable bonds is 4. The first kappa shape index (κ1) is 22.0. The summed E-state index contributed by atoms with van der Waals surface area (Å²) < 4.78 is 19.6. The second-order valence-corrected chi connectivity index (χ2v) is 11.6. The number of carbonyl (C=O) groups excluding carboxylic acids is 1. The fourth-order valence-corrected chi connectivity index (χ4v) is 7.12. The van der Waals surface area contributed by atoms with Gasteiger partial charge in [-0.1, -0.05) is 24.3 Å². The molecular formula is C27H37FN2O3. The van der Waals surface area contributed by atoms with E-state index in [9.17, 15) is 14.3 Å². The number of nitrogens with zero attached hydrogens (tertiary/aromatic N) is 2. The van der Waals surface area contributed by atoms with Gasteiger partial charge in [-0.05, 0) is 75.1 Å². The molecule has 3 saturated heterocycles. The van der Waals surface area contributed by atoms with Crippen LogP contribution in [0.15, 0.2) is 24.3 Å². The molecule has 1 spiro atoms.